The van der Waals surface area contributed by atoms with Crippen molar-refractivity contribution in [2.75, 3.05) is 0 Å². The lowest BCUT2D eigenvalue weighted by molar-refractivity contribution is 0.112. The number of phenolic OH excluding ortho intramolecular Hbond substituents is 1. The van der Waals surface area contributed by atoms with E-state index in [0.29, 0.717) is 5.56 Å². The van der Waals surface area contributed by atoms with Gasteiger partial charge in [-0.15, -0.1) is 11.3 Å². The Morgan fingerprint density at radius 3 is 3.00 bits per heavy atom. The van der Waals surface area contributed by atoms with Crippen LogP contribution in [0.25, 0.3) is 10.1 Å². The van der Waals surface area contributed by atoms with Crippen molar-refractivity contribution in [1.29, 1.82) is 0 Å². The van der Waals surface area contributed by atoms with Crippen LogP contribution < -0.4 is 0 Å². The fourth-order valence-corrected chi connectivity index (χ4v) is 2.08. The first kappa shape index (κ1) is 7.31. The third-order valence-corrected chi connectivity index (χ3v) is 2.77. The molecule has 2 nitrogen and oxygen atoms in total. The number of hydrogen-bond donors (Lipinski definition) is 1. The van der Waals surface area contributed by atoms with Crippen molar-refractivity contribution in [2.45, 2.75) is 0 Å². The maximum absolute atomic E-state index is 10.5. The number of carbonyl (C=O) groups is 1. The molecule has 0 aliphatic carbocycles. The summed E-state index contributed by atoms with van der Waals surface area (Å²) in [4.78, 5) is 10.5. The van der Waals surface area contributed by atoms with Gasteiger partial charge in [0.15, 0.2) is 6.29 Å². The Morgan fingerprint density at radius 2 is 2.25 bits per heavy atom. The zero-order valence-electron chi connectivity index (χ0n) is 6.15. The Bertz CT molecular complexity index is 431. The van der Waals surface area contributed by atoms with Crippen molar-refractivity contribution < 1.29 is 9.90 Å². The normalized spacial score (nSPS) is 10.3. The molecule has 0 spiro atoms. The summed E-state index contributed by atoms with van der Waals surface area (Å²) in [6.07, 6.45) is 0.804. The fraction of sp³-hybridized carbons (Fsp3) is 0. The van der Waals surface area contributed by atoms with Crippen molar-refractivity contribution in [3.63, 3.8) is 0 Å². The van der Waals surface area contributed by atoms with E-state index in [4.69, 9.17) is 0 Å². The second-order valence-corrected chi connectivity index (χ2v) is 3.34. The van der Waals surface area contributed by atoms with Crippen LogP contribution in [0.5, 0.6) is 5.75 Å². The van der Waals surface area contributed by atoms with Gasteiger partial charge in [-0.25, -0.2) is 0 Å². The second-order valence-electron chi connectivity index (χ2n) is 2.46. The molecule has 2 aromatic rings. The van der Waals surface area contributed by atoms with Crippen LogP contribution in [0.15, 0.2) is 23.6 Å². The van der Waals surface area contributed by atoms with Crippen LogP contribution in [-0.2, 0) is 0 Å². The molecule has 1 N–H and O–H groups in total. The maximum Gasteiger partial charge on any atom is 0.151 e. The smallest absolute Gasteiger partial charge is 0.151 e. The van der Waals surface area contributed by atoms with E-state index in [0.717, 1.165) is 16.4 Å². The van der Waals surface area contributed by atoms with E-state index in [-0.39, 0.29) is 5.75 Å². The van der Waals surface area contributed by atoms with Crippen molar-refractivity contribution in [2.24, 2.45) is 0 Å². The SMILES string of the molecule is O=Cc1csc2c(O)cccc12. The number of benzene rings is 1. The highest BCUT2D eigenvalue weighted by atomic mass is 32.1. The van der Waals surface area contributed by atoms with E-state index in [1.54, 1.807) is 17.5 Å². The Morgan fingerprint density at radius 1 is 1.42 bits per heavy atom. The Hall–Kier alpha value is -1.35. The maximum atomic E-state index is 10.5. The third-order valence-electron chi connectivity index (χ3n) is 1.74. The van der Waals surface area contributed by atoms with Gasteiger partial charge in [0.2, 0.25) is 0 Å². The lowest BCUT2D eigenvalue weighted by Gasteiger charge is -1.92. The average molecular weight is 178 g/mol. The number of rotatable bonds is 1. The minimum atomic E-state index is 0.241. The summed E-state index contributed by atoms with van der Waals surface area (Å²) in [5, 5.41) is 12.0. The van der Waals surface area contributed by atoms with Gasteiger partial charge in [0, 0.05) is 16.3 Å². The summed E-state index contributed by atoms with van der Waals surface area (Å²) >= 11 is 1.38. The summed E-state index contributed by atoms with van der Waals surface area (Å²) < 4.78 is 0.777. The van der Waals surface area contributed by atoms with Gasteiger partial charge in [-0.1, -0.05) is 12.1 Å². The first-order chi connectivity index (χ1) is 5.83. The lowest BCUT2D eigenvalue weighted by Crippen LogP contribution is -1.73. The lowest BCUT2D eigenvalue weighted by atomic mass is 10.2. The number of hydrogen-bond acceptors (Lipinski definition) is 3. The van der Waals surface area contributed by atoms with Crippen LogP contribution in [0.4, 0.5) is 0 Å². The molecule has 0 fully saturated rings. The number of carbonyl (C=O) groups excluding carboxylic acids is 1. The first-order valence-corrected chi connectivity index (χ1v) is 4.35. The third kappa shape index (κ3) is 0.905. The van der Waals surface area contributed by atoms with Crippen LogP contribution in [0, 0.1) is 0 Å². The van der Waals surface area contributed by atoms with Gasteiger partial charge in [0.05, 0.1) is 4.70 Å². The Balaban J connectivity index is 2.88. The highest BCUT2D eigenvalue weighted by Gasteiger charge is 2.04. The molecule has 0 amide bonds. The van der Waals surface area contributed by atoms with Gasteiger partial charge in [-0.3, -0.25) is 4.79 Å². The zero-order valence-corrected chi connectivity index (χ0v) is 6.97. The summed E-state index contributed by atoms with van der Waals surface area (Å²) in [6, 6.07) is 5.18. The molecule has 12 heavy (non-hydrogen) atoms. The summed E-state index contributed by atoms with van der Waals surface area (Å²) in [5.74, 6) is 0.241. The topological polar surface area (TPSA) is 37.3 Å². The van der Waals surface area contributed by atoms with Gasteiger partial charge in [0.1, 0.15) is 5.75 Å². The van der Waals surface area contributed by atoms with Crippen molar-refractivity contribution in [3.05, 3.63) is 29.1 Å². The van der Waals surface area contributed by atoms with E-state index in [9.17, 15) is 9.90 Å². The van der Waals surface area contributed by atoms with Gasteiger partial charge in [-0.2, -0.15) is 0 Å². The first-order valence-electron chi connectivity index (χ1n) is 3.47. The molecule has 0 unspecified atom stereocenters. The summed E-state index contributed by atoms with van der Waals surface area (Å²) in [6.45, 7) is 0. The van der Waals surface area contributed by atoms with Crippen LogP contribution >= 0.6 is 11.3 Å². The van der Waals surface area contributed by atoms with E-state index in [1.165, 1.54) is 11.3 Å². The zero-order chi connectivity index (χ0) is 8.55. The minimum Gasteiger partial charge on any atom is -0.506 e. The molecule has 3 heteroatoms. The monoisotopic (exact) mass is 178 g/mol. The van der Waals surface area contributed by atoms with E-state index in [2.05, 4.69) is 0 Å². The van der Waals surface area contributed by atoms with Crippen molar-refractivity contribution in [3.8, 4) is 5.75 Å². The number of aldehydes is 1. The highest BCUT2D eigenvalue weighted by Crippen LogP contribution is 2.31. The van der Waals surface area contributed by atoms with E-state index >= 15 is 0 Å². The molecule has 1 aromatic carbocycles. The van der Waals surface area contributed by atoms with Crippen molar-refractivity contribution >= 4 is 27.7 Å². The molecule has 2 rings (SSSR count). The van der Waals surface area contributed by atoms with Gasteiger partial charge in [-0.05, 0) is 6.07 Å². The number of phenols is 1. The van der Waals surface area contributed by atoms with Gasteiger partial charge < -0.3 is 5.11 Å². The Kier molecular flexibility index (Phi) is 1.59. The quantitative estimate of drug-likeness (QED) is 0.681. The molecule has 0 bridgehead atoms. The molecule has 0 saturated heterocycles. The van der Waals surface area contributed by atoms with E-state index in [1.807, 2.05) is 6.07 Å². The molecule has 0 saturated carbocycles. The highest BCUT2D eigenvalue weighted by molar-refractivity contribution is 7.18. The predicted octanol–water partition coefficient (Wildman–Crippen LogP) is 2.42. The van der Waals surface area contributed by atoms with E-state index < -0.39 is 0 Å². The van der Waals surface area contributed by atoms with Crippen LogP contribution in [0.1, 0.15) is 10.4 Å². The Labute approximate surface area is 73.1 Å². The molecule has 1 aromatic heterocycles. The number of thiophene rings is 1. The van der Waals surface area contributed by atoms with Crippen LogP contribution in [0.2, 0.25) is 0 Å². The molecular weight excluding hydrogens is 172 g/mol. The molecule has 0 aliphatic heterocycles. The number of aromatic hydroxyl groups is 1. The summed E-state index contributed by atoms with van der Waals surface area (Å²) in [5.41, 5.74) is 0.644. The molecule has 0 aliphatic rings. The molecule has 0 atom stereocenters. The molecule has 60 valence electrons. The molecule has 1 heterocycles. The average Bonchev–Trinajstić information content (AvgIpc) is 2.49. The van der Waals surface area contributed by atoms with Gasteiger partial charge in [0.25, 0.3) is 0 Å². The molecule has 0 radical (unpaired) electrons. The van der Waals surface area contributed by atoms with Gasteiger partial charge >= 0.3 is 0 Å². The number of fused-ring (bicyclic) bond motifs is 1. The standard InChI is InChI=1S/C9H6O2S/c10-4-6-5-12-9-7(6)2-1-3-8(9)11/h1-5,11H. The molecular formula is C9H6O2S. The van der Waals surface area contributed by atoms with Crippen LogP contribution in [-0.4, -0.2) is 11.4 Å². The predicted molar refractivity (Wildman–Crippen MR) is 48.9 cm³/mol. The van der Waals surface area contributed by atoms with Crippen molar-refractivity contribution in [1.82, 2.24) is 0 Å². The minimum absolute atomic E-state index is 0.241. The second kappa shape index (κ2) is 2.60. The summed E-state index contributed by atoms with van der Waals surface area (Å²) in [7, 11) is 0. The largest absolute Gasteiger partial charge is 0.506 e. The van der Waals surface area contributed by atoms with Crippen LogP contribution in [0.3, 0.4) is 0 Å². The fourth-order valence-electron chi connectivity index (χ4n) is 1.15.